The number of benzene rings is 2. The number of halogens is 2. The Hall–Kier alpha value is -3.57. The minimum Gasteiger partial charge on any atom is -0.374 e. The fourth-order valence-electron chi connectivity index (χ4n) is 5.66. The first-order valence-corrected chi connectivity index (χ1v) is 15.1. The largest absolute Gasteiger partial charge is 0.374 e. The third kappa shape index (κ3) is 7.51. The first-order valence-electron chi connectivity index (χ1n) is 14.7. The summed E-state index contributed by atoms with van der Waals surface area (Å²) in [6.07, 6.45) is 6.28. The number of aryl methyl sites for hydroxylation is 1. The number of hydrogen-bond donors (Lipinski definition) is 5. The molecule has 2 aromatic carbocycles. The SMILES string of the molecule is CC(=N)NCC[C@H]1CC(N)C[C@H](c2ccc(-n3cc4cc(-c5cc(CCC[C@H](C)N)cc(Cl)c5F)[nH]c4nc3=O)cc2)O1. The molecular weight excluding hydrogens is 569 g/mol. The highest BCUT2D eigenvalue weighted by Gasteiger charge is 2.28. The molecule has 11 heteroatoms. The summed E-state index contributed by atoms with van der Waals surface area (Å²) in [5.74, 6) is -0.0940. The zero-order valence-corrected chi connectivity index (χ0v) is 25.3. The van der Waals surface area contributed by atoms with Gasteiger partial charge in [0, 0.05) is 35.8 Å². The van der Waals surface area contributed by atoms with E-state index in [0.717, 1.165) is 43.2 Å². The van der Waals surface area contributed by atoms with Crippen LogP contribution < -0.4 is 22.5 Å². The van der Waals surface area contributed by atoms with Crippen molar-refractivity contribution in [1.29, 1.82) is 5.41 Å². The number of fused-ring (bicyclic) bond motifs is 1. The molecule has 3 heterocycles. The first kappa shape index (κ1) is 30.9. The summed E-state index contributed by atoms with van der Waals surface area (Å²) >= 11 is 6.25. The quantitative estimate of drug-likeness (QED) is 0.121. The molecule has 1 aliphatic heterocycles. The number of nitrogens with zero attached hydrogens (tertiary/aromatic N) is 2. The smallest absolute Gasteiger partial charge is 0.354 e. The summed E-state index contributed by atoms with van der Waals surface area (Å²) in [6, 6.07) is 13.0. The van der Waals surface area contributed by atoms with Gasteiger partial charge in [-0.2, -0.15) is 4.98 Å². The Bertz CT molecular complexity index is 1650. The predicted octanol–water partition coefficient (Wildman–Crippen LogP) is 5.37. The molecule has 2 aromatic heterocycles. The van der Waals surface area contributed by atoms with Gasteiger partial charge < -0.3 is 26.5 Å². The molecule has 1 fully saturated rings. The van der Waals surface area contributed by atoms with Crippen molar-refractivity contribution in [2.45, 2.75) is 76.7 Å². The van der Waals surface area contributed by atoms with Crippen LogP contribution in [0.5, 0.6) is 0 Å². The molecule has 0 bridgehead atoms. The van der Waals surface area contributed by atoms with Crippen molar-refractivity contribution < 1.29 is 9.13 Å². The van der Waals surface area contributed by atoms with E-state index in [9.17, 15) is 4.79 Å². The Balaban J connectivity index is 1.36. The second-order valence-electron chi connectivity index (χ2n) is 11.6. The Kier molecular flexibility index (Phi) is 9.61. The summed E-state index contributed by atoms with van der Waals surface area (Å²) in [5, 5.41) is 11.3. The molecule has 1 aliphatic rings. The molecule has 1 saturated heterocycles. The van der Waals surface area contributed by atoms with E-state index < -0.39 is 11.5 Å². The van der Waals surface area contributed by atoms with Crippen molar-refractivity contribution >= 4 is 28.5 Å². The summed E-state index contributed by atoms with van der Waals surface area (Å²) < 4.78 is 22.9. The highest BCUT2D eigenvalue weighted by molar-refractivity contribution is 6.31. The van der Waals surface area contributed by atoms with Gasteiger partial charge in [0.2, 0.25) is 0 Å². The molecule has 4 aromatic rings. The number of aromatic amines is 1. The number of ether oxygens (including phenoxy) is 1. The molecule has 0 aliphatic carbocycles. The van der Waals surface area contributed by atoms with E-state index in [1.165, 1.54) is 4.57 Å². The van der Waals surface area contributed by atoms with Gasteiger partial charge in [0.15, 0.2) is 5.82 Å². The van der Waals surface area contributed by atoms with Crippen LogP contribution in [-0.2, 0) is 11.2 Å². The molecule has 0 amide bonds. The van der Waals surface area contributed by atoms with Gasteiger partial charge in [0.05, 0.1) is 34.4 Å². The van der Waals surface area contributed by atoms with Crippen molar-refractivity contribution in [3.8, 4) is 16.9 Å². The number of H-pyrrole nitrogens is 1. The van der Waals surface area contributed by atoms with E-state index >= 15 is 4.39 Å². The van der Waals surface area contributed by atoms with Crippen molar-refractivity contribution in [2.75, 3.05) is 6.54 Å². The Morgan fingerprint density at radius 3 is 2.77 bits per heavy atom. The lowest BCUT2D eigenvalue weighted by molar-refractivity contribution is -0.0608. The van der Waals surface area contributed by atoms with Gasteiger partial charge in [-0.1, -0.05) is 23.7 Å². The molecule has 5 rings (SSSR count). The standard InChI is InChI=1S/C32H39ClFN7O2/c1-18(35)4-3-5-20-12-26(30(34)27(33)13-20)28-14-22-17-41(32(42)40-31(22)39-28)24-8-6-21(7-9-24)29-16-23(37)15-25(43-29)10-11-38-19(2)36/h6-9,12-14,17-18,23,25,29H,3-5,10-11,15-16,35,37H2,1-2H3,(H2,36,38)(H,39,40,42)/t18-,23?,25-,29+/m0/s1. The maximum absolute atomic E-state index is 15.1. The average molecular weight is 608 g/mol. The topological polar surface area (TPSA) is 148 Å². The number of nitrogens with one attached hydrogen (secondary N) is 3. The molecule has 43 heavy (non-hydrogen) atoms. The normalized spacial score (nSPS) is 19.4. The maximum atomic E-state index is 15.1. The van der Waals surface area contributed by atoms with Crippen LogP contribution in [0, 0.1) is 11.2 Å². The maximum Gasteiger partial charge on any atom is 0.354 e. The third-order valence-electron chi connectivity index (χ3n) is 7.85. The van der Waals surface area contributed by atoms with Crippen molar-refractivity contribution in [2.24, 2.45) is 11.5 Å². The van der Waals surface area contributed by atoms with Crippen LogP contribution in [0.25, 0.3) is 28.0 Å². The fourth-order valence-corrected chi connectivity index (χ4v) is 5.90. The number of hydrogen-bond acceptors (Lipinski definition) is 6. The van der Waals surface area contributed by atoms with Crippen molar-refractivity contribution in [3.05, 3.63) is 81.1 Å². The summed E-state index contributed by atoms with van der Waals surface area (Å²) in [7, 11) is 0. The van der Waals surface area contributed by atoms with Crippen molar-refractivity contribution in [3.63, 3.8) is 0 Å². The minimum absolute atomic E-state index is 0.00680. The van der Waals surface area contributed by atoms with Crippen molar-refractivity contribution in [1.82, 2.24) is 19.9 Å². The van der Waals surface area contributed by atoms with Gasteiger partial charge in [-0.3, -0.25) is 9.98 Å². The van der Waals surface area contributed by atoms with E-state index in [2.05, 4.69) is 15.3 Å². The van der Waals surface area contributed by atoms with Crippen LogP contribution in [0.2, 0.25) is 5.02 Å². The minimum atomic E-state index is -0.525. The zero-order valence-electron chi connectivity index (χ0n) is 24.5. The van der Waals surface area contributed by atoms with Gasteiger partial charge >= 0.3 is 5.69 Å². The number of aromatic nitrogens is 3. The Morgan fingerprint density at radius 1 is 1.28 bits per heavy atom. The van der Waals surface area contributed by atoms with Crippen LogP contribution in [0.15, 0.2) is 53.5 Å². The molecule has 0 saturated carbocycles. The number of nitrogens with two attached hydrogens (primary N) is 2. The molecule has 4 atom stereocenters. The van der Waals surface area contributed by atoms with Crippen LogP contribution in [0.1, 0.15) is 63.2 Å². The zero-order chi connectivity index (χ0) is 30.7. The predicted molar refractivity (Wildman–Crippen MR) is 170 cm³/mol. The fraction of sp³-hybridized carbons (Fsp3) is 0.406. The molecule has 0 spiro atoms. The van der Waals surface area contributed by atoms with E-state index in [-0.39, 0.29) is 29.3 Å². The lowest BCUT2D eigenvalue weighted by Gasteiger charge is -2.34. The second-order valence-corrected chi connectivity index (χ2v) is 12.0. The molecule has 9 nitrogen and oxygen atoms in total. The monoisotopic (exact) mass is 607 g/mol. The molecular formula is C32H39ClFN7O2. The first-order chi connectivity index (χ1) is 20.6. The molecule has 228 valence electrons. The Labute approximate surface area is 255 Å². The van der Waals surface area contributed by atoms with Gasteiger partial charge in [0.1, 0.15) is 5.65 Å². The molecule has 1 unspecified atom stereocenters. The summed E-state index contributed by atoms with van der Waals surface area (Å²) in [6.45, 7) is 4.34. The lowest BCUT2D eigenvalue weighted by Crippen LogP contribution is -2.38. The number of rotatable bonds is 10. The van der Waals surface area contributed by atoms with E-state index in [0.29, 0.717) is 46.8 Å². The van der Waals surface area contributed by atoms with Crippen LogP contribution in [0.3, 0.4) is 0 Å². The third-order valence-corrected chi connectivity index (χ3v) is 8.12. The van der Waals surface area contributed by atoms with Gasteiger partial charge in [-0.15, -0.1) is 0 Å². The summed E-state index contributed by atoms with van der Waals surface area (Å²) in [5.41, 5.74) is 15.5. The van der Waals surface area contributed by atoms with Crippen LogP contribution >= 0.6 is 11.6 Å². The second kappa shape index (κ2) is 13.4. The summed E-state index contributed by atoms with van der Waals surface area (Å²) in [4.78, 5) is 20.3. The van der Waals surface area contributed by atoms with Gasteiger partial charge in [-0.05, 0) is 93.8 Å². The average Bonchev–Trinajstić information content (AvgIpc) is 3.36. The highest BCUT2D eigenvalue weighted by atomic mass is 35.5. The van der Waals surface area contributed by atoms with Gasteiger partial charge in [0.25, 0.3) is 0 Å². The molecule has 7 N–H and O–H groups in total. The van der Waals surface area contributed by atoms with Gasteiger partial charge in [-0.25, -0.2) is 9.18 Å². The van der Waals surface area contributed by atoms with E-state index in [1.807, 2.05) is 31.2 Å². The van der Waals surface area contributed by atoms with E-state index in [1.54, 1.807) is 31.3 Å². The van der Waals surface area contributed by atoms with Crippen LogP contribution in [-0.4, -0.2) is 45.1 Å². The Morgan fingerprint density at radius 2 is 2.05 bits per heavy atom. The number of amidine groups is 1. The van der Waals surface area contributed by atoms with Crippen LogP contribution in [0.4, 0.5) is 4.39 Å². The molecule has 0 radical (unpaired) electrons. The lowest BCUT2D eigenvalue weighted by atomic mass is 9.93. The highest BCUT2D eigenvalue weighted by Crippen LogP contribution is 2.33. The van der Waals surface area contributed by atoms with E-state index in [4.69, 9.17) is 33.2 Å².